The summed E-state index contributed by atoms with van der Waals surface area (Å²) < 4.78 is 11.3. The molecule has 0 unspecified atom stereocenters. The van der Waals surface area contributed by atoms with Crippen molar-refractivity contribution in [2.45, 2.75) is 13.0 Å². The molecule has 0 bridgehead atoms. The Kier molecular flexibility index (Phi) is 8.07. The first-order chi connectivity index (χ1) is 16.5. The van der Waals surface area contributed by atoms with Gasteiger partial charge in [0, 0.05) is 21.9 Å². The predicted octanol–water partition coefficient (Wildman–Crippen LogP) is 8.13. The highest BCUT2D eigenvalue weighted by atomic mass is 35.5. The number of methoxy groups -OCH3 is 1. The van der Waals surface area contributed by atoms with Gasteiger partial charge in [0.2, 0.25) is 0 Å². The number of halogens is 2. The Bertz CT molecular complexity index is 1310. The fourth-order valence-electron chi connectivity index (χ4n) is 3.42. The van der Waals surface area contributed by atoms with Gasteiger partial charge in [-0.3, -0.25) is 4.79 Å². The van der Waals surface area contributed by atoms with Crippen LogP contribution in [0.25, 0.3) is 6.08 Å². The molecule has 0 saturated carbocycles. The van der Waals surface area contributed by atoms with E-state index in [0.717, 1.165) is 27.3 Å². The summed E-state index contributed by atoms with van der Waals surface area (Å²) in [5.74, 6) is 1.21. The molecule has 6 heteroatoms. The summed E-state index contributed by atoms with van der Waals surface area (Å²) in [4.78, 5) is 14.6. The fraction of sp³-hybridized carbons (Fsp3) is 0.107. The summed E-state index contributed by atoms with van der Waals surface area (Å²) in [7, 11) is 1.61. The monoisotopic (exact) mass is 508 g/mol. The minimum absolute atomic E-state index is 0.0223. The Morgan fingerprint density at radius 2 is 1.74 bits per heavy atom. The van der Waals surface area contributed by atoms with Crippen molar-refractivity contribution < 1.29 is 14.3 Å². The summed E-state index contributed by atoms with van der Waals surface area (Å²) in [6.07, 6.45) is 4.22. The molecule has 0 radical (unpaired) electrons. The van der Waals surface area contributed by atoms with E-state index in [2.05, 4.69) is 12.1 Å². The Morgan fingerprint density at radius 3 is 2.50 bits per heavy atom. The molecule has 4 rings (SSSR count). The smallest absolute Gasteiger partial charge is 0.195 e. The third kappa shape index (κ3) is 6.29. The highest BCUT2D eigenvalue weighted by molar-refractivity contribution is 7.14. The molecule has 1 heterocycles. The number of hydrogen-bond donors (Lipinski definition) is 0. The average molecular weight is 509 g/mol. The quantitative estimate of drug-likeness (QED) is 0.169. The van der Waals surface area contributed by atoms with Crippen molar-refractivity contribution in [1.82, 2.24) is 0 Å². The lowest BCUT2D eigenvalue weighted by molar-refractivity contribution is 0.105. The van der Waals surface area contributed by atoms with E-state index in [-0.39, 0.29) is 12.4 Å². The highest BCUT2D eigenvalue weighted by Crippen LogP contribution is 2.30. The lowest BCUT2D eigenvalue weighted by atomic mass is 10.1. The summed E-state index contributed by atoms with van der Waals surface area (Å²) >= 11 is 13.7. The lowest BCUT2D eigenvalue weighted by Gasteiger charge is -2.12. The van der Waals surface area contributed by atoms with Crippen LogP contribution < -0.4 is 9.47 Å². The first-order valence-corrected chi connectivity index (χ1v) is 12.2. The van der Waals surface area contributed by atoms with E-state index in [9.17, 15) is 4.79 Å². The van der Waals surface area contributed by atoms with Crippen LogP contribution in [0.15, 0.2) is 84.9 Å². The van der Waals surface area contributed by atoms with Crippen LogP contribution in [0, 0.1) is 0 Å². The molecule has 4 aromatic rings. The van der Waals surface area contributed by atoms with Crippen molar-refractivity contribution in [3.63, 3.8) is 0 Å². The van der Waals surface area contributed by atoms with Crippen LogP contribution in [-0.2, 0) is 13.0 Å². The van der Waals surface area contributed by atoms with Gasteiger partial charge in [0.15, 0.2) is 5.78 Å². The van der Waals surface area contributed by atoms with Gasteiger partial charge in [-0.25, -0.2) is 0 Å². The van der Waals surface area contributed by atoms with Crippen molar-refractivity contribution >= 4 is 46.4 Å². The third-order valence-electron chi connectivity index (χ3n) is 5.13. The number of benzene rings is 3. The second kappa shape index (κ2) is 11.4. The maximum Gasteiger partial charge on any atom is 0.195 e. The zero-order valence-corrected chi connectivity index (χ0v) is 20.8. The molecule has 0 fully saturated rings. The molecule has 3 nitrogen and oxygen atoms in total. The molecule has 0 aliphatic heterocycles. The van der Waals surface area contributed by atoms with Gasteiger partial charge in [-0.1, -0.05) is 65.7 Å². The van der Waals surface area contributed by atoms with Gasteiger partial charge in [0.25, 0.3) is 0 Å². The number of carbonyl (C=O) groups is 1. The topological polar surface area (TPSA) is 35.5 Å². The molecule has 1 aromatic heterocycles. The summed E-state index contributed by atoms with van der Waals surface area (Å²) in [6, 6.07) is 24.9. The average Bonchev–Trinajstić information content (AvgIpc) is 3.31. The zero-order chi connectivity index (χ0) is 23.9. The third-order valence-corrected chi connectivity index (χ3v) is 6.76. The van der Waals surface area contributed by atoms with Gasteiger partial charge in [-0.2, -0.15) is 0 Å². The van der Waals surface area contributed by atoms with Crippen LogP contribution in [-0.4, -0.2) is 12.9 Å². The predicted molar refractivity (Wildman–Crippen MR) is 141 cm³/mol. The maximum atomic E-state index is 12.7. The van der Waals surface area contributed by atoms with Gasteiger partial charge in [-0.05, 0) is 59.7 Å². The van der Waals surface area contributed by atoms with E-state index in [1.165, 1.54) is 16.9 Å². The number of carbonyl (C=O) groups excluding carboxylic acids is 1. The van der Waals surface area contributed by atoms with E-state index >= 15 is 0 Å². The van der Waals surface area contributed by atoms with Gasteiger partial charge < -0.3 is 9.47 Å². The first-order valence-electron chi connectivity index (χ1n) is 10.6. The first kappa shape index (κ1) is 24.1. The normalized spacial score (nSPS) is 11.0. The zero-order valence-electron chi connectivity index (χ0n) is 18.5. The fourth-order valence-corrected chi connectivity index (χ4v) is 4.84. The number of rotatable bonds is 9. The molecule has 0 aliphatic carbocycles. The van der Waals surface area contributed by atoms with E-state index in [0.29, 0.717) is 21.5 Å². The number of thiophene rings is 1. The Hall–Kier alpha value is -3.05. The molecule has 3 aromatic carbocycles. The van der Waals surface area contributed by atoms with Crippen LogP contribution in [0.3, 0.4) is 0 Å². The molecule has 0 amide bonds. The van der Waals surface area contributed by atoms with E-state index in [1.54, 1.807) is 37.5 Å². The van der Waals surface area contributed by atoms with Gasteiger partial charge >= 0.3 is 0 Å². The molecule has 0 N–H and O–H groups in total. The van der Waals surface area contributed by atoms with Crippen LogP contribution >= 0.6 is 34.5 Å². The summed E-state index contributed by atoms with van der Waals surface area (Å²) in [6.45, 7) is 0.258. The highest BCUT2D eigenvalue weighted by Gasteiger charge is 2.10. The van der Waals surface area contributed by atoms with E-state index in [4.69, 9.17) is 32.7 Å². The van der Waals surface area contributed by atoms with Crippen molar-refractivity contribution in [3.05, 3.63) is 121 Å². The second-order valence-electron chi connectivity index (χ2n) is 7.56. The lowest BCUT2D eigenvalue weighted by Crippen LogP contribution is -2.00. The number of hydrogen-bond acceptors (Lipinski definition) is 4. The SMILES string of the molecule is COc1ccc(/C=C/C(=O)c2ccc(Cc3ccccc3)s2)cc1COc1ccc(Cl)cc1Cl. The number of ether oxygens (including phenoxy) is 2. The van der Waals surface area contributed by atoms with Crippen LogP contribution in [0.4, 0.5) is 0 Å². The van der Waals surface area contributed by atoms with Gasteiger partial charge in [0.05, 0.1) is 17.0 Å². The minimum atomic E-state index is -0.0223. The molecule has 34 heavy (non-hydrogen) atoms. The van der Waals surface area contributed by atoms with E-state index in [1.807, 2.05) is 48.5 Å². The standard InChI is InChI=1S/C28H22Cl2O3S/c1-32-26-12-8-20(15-21(26)18-33-27-13-9-22(29)17-24(27)30)7-11-25(31)28-14-10-23(34-28)16-19-5-3-2-4-6-19/h2-15,17H,16,18H2,1H3/b11-7+. The van der Waals surface area contributed by atoms with Crippen molar-refractivity contribution in [2.24, 2.45) is 0 Å². The largest absolute Gasteiger partial charge is 0.496 e. The van der Waals surface area contributed by atoms with E-state index < -0.39 is 0 Å². The molecule has 172 valence electrons. The van der Waals surface area contributed by atoms with Crippen LogP contribution in [0.5, 0.6) is 11.5 Å². The second-order valence-corrected chi connectivity index (χ2v) is 9.57. The summed E-state index contributed by atoms with van der Waals surface area (Å²) in [5, 5.41) is 0.986. The van der Waals surface area contributed by atoms with Gasteiger partial charge in [0.1, 0.15) is 18.1 Å². The number of allylic oxidation sites excluding steroid dienone is 1. The maximum absolute atomic E-state index is 12.7. The number of ketones is 1. The van der Waals surface area contributed by atoms with Crippen molar-refractivity contribution in [2.75, 3.05) is 7.11 Å². The molecular formula is C28H22Cl2O3S. The molecule has 0 aliphatic rings. The minimum Gasteiger partial charge on any atom is -0.496 e. The Labute approximate surface area is 213 Å². The van der Waals surface area contributed by atoms with Crippen LogP contribution in [0.1, 0.15) is 31.2 Å². The Balaban J connectivity index is 1.44. The van der Waals surface area contributed by atoms with Crippen LogP contribution in [0.2, 0.25) is 10.0 Å². The molecule has 0 spiro atoms. The molecule has 0 atom stereocenters. The van der Waals surface area contributed by atoms with Crippen molar-refractivity contribution in [1.29, 1.82) is 0 Å². The molecule has 0 saturated heterocycles. The summed E-state index contributed by atoms with van der Waals surface area (Å²) in [5.41, 5.74) is 2.94. The Morgan fingerprint density at radius 1 is 0.941 bits per heavy atom. The van der Waals surface area contributed by atoms with Gasteiger partial charge in [-0.15, -0.1) is 11.3 Å². The van der Waals surface area contributed by atoms with Crippen molar-refractivity contribution in [3.8, 4) is 11.5 Å². The molecular weight excluding hydrogens is 487 g/mol.